The third-order valence-electron chi connectivity index (χ3n) is 2.50. The number of hydrogen-bond acceptors (Lipinski definition) is 3. The van der Waals surface area contributed by atoms with Gasteiger partial charge in [-0.25, -0.2) is 4.98 Å². The number of rotatable bonds is 2. The highest BCUT2D eigenvalue weighted by Crippen LogP contribution is 2.16. The molecule has 1 aliphatic heterocycles. The van der Waals surface area contributed by atoms with E-state index in [-0.39, 0.29) is 0 Å². The fraction of sp³-hybridized carbons (Fsp3) is 0.667. The number of nitrogen functional groups attached to an aromatic ring is 1. The molecule has 1 aromatic heterocycles. The van der Waals surface area contributed by atoms with Crippen LogP contribution in [0.5, 0.6) is 0 Å². The summed E-state index contributed by atoms with van der Waals surface area (Å²) in [5, 5.41) is 0. The number of nitrogens with two attached hydrogens (primary N) is 1. The second-order valence-corrected chi connectivity index (χ2v) is 3.50. The summed E-state index contributed by atoms with van der Waals surface area (Å²) >= 11 is 0. The molecule has 0 aromatic carbocycles. The van der Waals surface area contributed by atoms with E-state index in [4.69, 9.17) is 10.5 Å². The highest BCUT2D eigenvalue weighted by atomic mass is 16.5. The molecule has 1 unspecified atom stereocenters. The summed E-state index contributed by atoms with van der Waals surface area (Å²) in [6.45, 7) is 3.74. The van der Waals surface area contributed by atoms with E-state index in [0.29, 0.717) is 12.1 Å². The number of anilines is 1. The first-order chi connectivity index (χ1) is 6.27. The van der Waals surface area contributed by atoms with E-state index in [9.17, 15) is 0 Å². The summed E-state index contributed by atoms with van der Waals surface area (Å²) in [7, 11) is 0. The van der Waals surface area contributed by atoms with Crippen LogP contribution in [0, 0.1) is 6.92 Å². The van der Waals surface area contributed by atoms with Crippen molar-refractivity contribution < 1.29 is 4.74 Å². The molecule has 13 heavy (non-hydrogen) atoms. The molecule has 0 aliphatic carbocycles. The summed E-state index contributed by atoms with van der Waals surface area (Å²) in [5.41, 5.74) is 6.82. The van der Waals surface area contributed by atoms with Crippen molar-refractivity contribution in [1.82, 2.24) is 9.55 Å². The summed E-state index contributed by atoms with van der Waals surface area (Å²) in [5.74, 6) is 0.591. The van der Waals surface area contributed by atoms with Gasteiger partial charge in [0.15, 0.2) is 5.95 Å². The second kappa shape index (κ2) is 3.38. The van der Waals surface area contributed by atoms with Crippen molar-refractivity contribution >= 4 is 5.95 Å². The van der Waals surface area contributed by atoms with Crippen LogP contribution in [0.15, 0.2) is 6.20 Å². The van der Waals surface area contributed by atoms with E-state index >= 15 is 0 Å². The molecule has 4 heteroatoms. The minimum atomic E-state index is 0.329. The lowest BCUT2D eigenvalue weighted by atomic mass is 10.2. The van der Waals surface area contributed by atoms with Gasteiger partial charge in [-0.15, -0.1) is 0 Å². The Morgan fingerprint density at radius 2 is 2.62 bits per heavy atom. The van der Waals surface area contributed by atoms with Crippen molar-refractivity contribution in [3.63, 3.8) is 0 Å². The molecule has 2 heterocycles. The van der Waals surface area contributed by atoms with Gasteiger partial charge in [0.1, 0.15) is 0 Å². The minimum Gasteiger partial charge on any atom is -0.376 e. The van der Waals surface area contributed by atoms with Gasteiger partial charge in [-0.1, -0.05) is 0 Å². The smallest absolute Gasteiger partial charge is 0.200 e. The maximum atomic E-state index is 5.72. The molecule has 4 nitrogen and oxygen atoms in total. The largest absolute Gasteiger partial charge is 0.376 e. The Kier molecular flexibility index (Phi) is 2.22. The van der Waals surface area contributed by atoms with Gasteiger partial charge in [-0.3, -0.25) is 0 Å². The molecule has 0 bridgehead atoms. The van der Waals surface area contributed by atoms with Crippen molar-refractivity contribution in [2.45, 2.75) is 32.4 Å². The van der Waals surface area contributed by atoms with Gasteiger partial charge in [0.05, 0.1) is 18.8 Å². The SMILES string of the molecule is Cc1cnc(N)n1CC1CCCO1. The Morgan fingerprint density at radius 3 is 3.15 bits per heavy atom. The van der Waals surface area contributed by atoms with Crippen LogP contribution in [0.4, 0.5) is 5.95 Å². The number of nitrogens with zero attached hydrogens (tertiary/aromatic N) is 2. The maximum Gasteiger partial charge on any atom is 0.200 e. The van der Waals surface area contributed by atoms with Crippen molar-refractivity contribution in [3.05, 3.63) is 11.9 Å². The Hall–Kier alpha value is -1.03. The van der Waals surface area contributed by atoms with Crippen LogP contribution < -0.4 is 5.73 Å². The lowest BCUT2D eigenvalue weighted by Crippen LogP contribution is -2.17. The van der Waals surface area contributed by atoms with Crippen LogP contribution in [-0.2, 0) is 11.3 Å². The van der Waals surface area contributed by atoms with E-state index in [1.807, 2.05) is 11.5 Å². The molecule has 0 spiro atoms. The van der Waals surface area contributed by atoms with Crippen molar-refractivity contribution in [2.24, 2.45) is 0 Å². The molecule has 2 rings (SSSR count). The molecule has 1 aliphatic rings. The zero-order chi connectivity index (χ0) is 9.26. The van der Waals surface area contributed by atoms with Crippen molar-refractivity contribution in [1.29, 1.82) is 0 Å². The van der Waals surface area contributed by atoms with Crippen LogP contribution in [0.3, 0.4) is 0 Å². The molecule has 1 fully saturated rings. The predicted octanol–water partition coefficient (Wildman–Crippen LogP) is 0.953. The normalized spacial score (nSPS) is 22.4. The zero-order valence-corrected chi connectivity index (χ0v) is 7.86. The molecule has 72 valence electrons. The van der Waals surface area contributed by atoms with Gasteiger partial charge >= 0.3 is 0 Å². The first kappa shape index (κ1) is 8.56. The summed E-state index contributed by atoms with van der Waals surface area (Å²) in [4.78, 5) is 4.04. The van der Waals surface area contributed by atoms with Gasteiger partial charge in [0.25, 0.3) is 0 Å². The summed E-state index contributed by atoms with van der Waals surface area (Å²) in [6.07, 6.45) is 4.43. The number of aromatic nitrogens is 2. The number of ether oxygens (including phenoxy) is 1. The van der Waals surface area contributed by atoms with E-state index in [0.717, 1.165) is 31.7 Å². The quantitative estimate of drug-likeness (QED) is 0.739. The van der Waals surface area contributed by atoms with E-state index in [1.165, 1.54) is 0 Å². The molecule has 0 saturated carbocycles. The molecule has 1 aromatic rings. The lowest BCUT2D eigenvalue weighted by molar-refractivity contribution is 0.0970. The van der Waals surface area contributed by atoms with Crippen molar-refractivity contribution in [3.8, 4) is 0 Å². The van der Waals surface area contributed by atoms with E-state index < -0.39 is 0 Å². The minimum absolute atomic E-state index is 0.329. The summed E-state index contributed by atoms with van der Waals surface area (Å²) in [6, 6.07) is 0. The molecule has 0 radical (unpaired) electrons. The maximum absolute atomic E-state index is 5.72. The van der Waals surface area contributed by atoms with Crippen LogP contribution in [-0.4, -0.2) is 22.3 Å². The molecule has 1 atom stereocenters. The number of hydrogen-bond donors (Lipinski definition) is 1. The average Bonchev–Trinajstić information content (AvgIpc) is 2.70. The van der Waals surface area contributed by atoms with Crippen molar-refractivity contribution in [2.75, 3.05) is 12.3 Å². The van der Waals surface area contributed by atoms with Crippen LogP contribution >= 0.6 is 0 Å². The fourth-order valence-electron chi connectivity index (χ4n) is 1.71. The Bertz CT molecular complexity index is 270. The highest BCUT2D eigenvalue weighted by Gasteiger charge is 2.17. The molecule has 0 amide bonds. The second-order valence-electron chi connectivity index (χ2n) is 3.50. The Balaban J connectivity index is 2.07. The lowest BCUT2D eigenvalue weighted by Gasteiger charge is -2.12. The Morgan fingerprint density at radius 1 is 1.77 bits per heavy atom. The van der Waals surface area contributed by atoms with E-state index in [1.54, 1.807) is 6.20 Å². The highest BCUT2D eigenvalue weighted by molar-refractivity contribution is 5.21. The van der Waals surface area contributed by atoms with Gasteiger partial charge < -0.3 is 15.0 Å². The first-order valence-electron chi connectivity index (χ1n) is 4.66. The van der Waals surface area contributed by atoms with E-state index in [2.05, 4.69) is 4.98 Å². The van der Waals surface area contributed by atoms with Gasteiger partial charge in [0, 0.05) is 12.3 Å². The van der Waals surface area contributed by atoms with Gasteiger partial charge in [-0.05, 0) is 19.8 Å². The monoisotopic (exact) mass is 181 g/mol. The third-order valence-corrected chi connectivity index (χ3v) is 2.50. The number of imidazole rings is 1. The average molecular weight is 181 g/mol. The zero-order valence-electron chi connectivity index (χ0n) is 7.86. The topological polar surface area (TPSA) is 53.1 Å². The Labute approximate surface area is 77.7 Å². The molecular weight excluding hydrogens is 166 g/mol. The van der Waals surface area contributed by atoms with Crippen LogP contribution in [0.25, 0.3) is 0 Å². The van der Waals surface area contributed by atoms with Gasteiger partial charge in [0.2, 0.25) is 0 Å². The predicted molar refractivity (Wildman–Crippen MR) is 50.4 cm³/mol. The molecule has 1 saturated heterocycles. The molecular formula is C9H15N3O. The first-order valence-corrected chi connectivity index (χ1v) is 4.66. The number of aryl methyl sites for hydroxylation is 1. The summed E-state index contributed by atoms with van der Waals surface area (Å²) < 4.78 is 7.54. The third kappa shape index (κ3) is 1.67. The standard InChI is InChI=1S/C9H15N3O/c1-7-5-11-9(10)12(7)6-8-3-2-4-13-8/h5,8H,2-4,6H2,1H3,(H2,10,11). The molecule has 2 N–H and O–H groups in total. The van der Waals surface area contributed by atoms with Crippen LogP contribution in [0.1, 0.15) is 18.5 Å². The van der Waals surface area contributed by atoms with Gasteiger partial charge in [-0.2, -0.15) is 0 Å². The fourth-order valence-corrected chi connectivity index (χ4v) is 1.71. The van der Waals surface area contributed by atoms with Crippen LogP contribution in [0.2, 0.25) is 0 Å².